The number of allylic oxidation sites excluding steroid dienone is 2. The van der Waals surface area contributed by atoms with Crippen LogP contribution in [0.3, 0.4) is 0 Å². The molecule has 27 heavy (non-hydrogen) atoms. The molecule has 0 N–H and O–H groups in total. The monoisotopic (exact) mass is 364 g/mol. The number of hydrogen-bond acceptors (Lipinski definition) is 1. The van der Waals surface area contributed by atoms with Gasteiger partial charge in [-0.15, -0.1) is 11.3 Å². The largest absolute Gasteiger partial charge is 0.144 e. The van der Waals surface area contributed by atoms with Gasteiger partial charge in [-0.25, -0.2) is 0 Å². The summed E-state index contributed by atoms with van der Waals surface area (Å²) < 4.78 is 0. The number of rotatable bonds is 5. The fourth-order valence-corrected chi connectivity index (χ4v) is 3.95. The smallest absolute Gasteiger partial charge is 0.0354 e. The Bertz CT molecular complexity index is 1030. The Labute approximate surface area is 164 Å². The van der Waals surface area contributed by atoms with E-state index in [2.05, 4.69) is 115 Å². The molecule has 0 atom stereocenters. The minimum absolute atomic E-state index is 1.20. The zero-order valence-electron chi connectivity index (χ0n) is 15.0. The van der Waals surface area contributed by atoms with Gasteiger partial charge in [-0.2, -0.15) is 0 Å². The minimum Gasteiger partial charge on any atom is -0.144 e. The first-order valence-electron chi connectivity index (χ1n) is 9.04. The zero-order valence-corrected chi connectivity index (χ0v) is 15.8. The van der Waals surface area contributed by atoms with Gasteiger partial charge in [-0.3, -0.25) is 0 Å². The molecule has 0 saturated heterocycles. The third-order valence-electron chi connectivity index (χ3n) is 4.43. The molecule has 0 unspecified atom stereocenters. The predicted molar refractivity (Wildman–Crippen MR) is 119 cm³/mol. The van der Waals surface area contributed by atoms with Crippen LogP contribution in [0.2, 0.25) is 0 Å². The third-order valence-corrected chi connectivity index (χ3v) is 5.31. The van der Waals surface area contributed by atoms with Gasteiger partial charge in [0.2, 0.25) is 0 Å². The average molecular weight is 365 g/mol. The highest BCUT2D eigenvalue weighted by Crippen LogP contribution is 2.35. The van der Waals surface area contributed by atoms with Crippen molar-refractivity contribution in [2.75, 3.05) is 0 Å². The van der Waals surface area contributed by atoms with E-state index in [0.29, 0.717) is 0 Å². The SMILES string of the molecule is C(=C\c1ccccc1)/C(=C(/c1ccccc1)c1cccs1)c1ccccc1. The fourth-order valence-electron chi connectivity index (χ4n) is 3.14. The summed E-state index contributed by atoms with van der Waals surface area (Å²) in [7, 11) is 0. The average Bonchev–Trinajstić information content (AvgIpc) is 3.27. The summed E-state index contributed by atoms with van der Waals surface area (Å²) in [6.45, 7) is 0. The maximum atomic E-state index is 2.24. The topological polar surface area (TPSA) is 0 Å². The molecule has 0 nitrogen and oxygen atoms in total. The molecule has 1 aromatic heterocycles. The maximum Gasteiger partial charge on any atom is 0.0354 e. The Morgan fingerprint density at radius 2 is 1.19 bits per heavy atom. The molecule has 4 rings (SSSR count). The summed E-state index contributed by atoms with van der Waals surface area (Å²) in [4.78, 5) is 1.28. The van der Waals surface area contributed by atoms with Gasteiger partial charge in [-0.1, -0.05) is 109 Å². The molecule has 4 aromatic rings. The van der Waals surface area contributed by atoms with Gasteiger partial charge in [0.25, 0.3) is 0 Å². The molecule has 0 fully saturated rings. The zero-order chi connectivity index (χ0) is 18.3. The van der Waals surface area contributed by atoms with Crippen molar-refractivity contribution in [2.45, 2.75) is 0 Å². The van der Waals surface area contributed by atoms with Crippen molar-refractivity contribution in [3.63, 3.8) is 0 Å². The maximum absolute atomic E-state index is 2.24. The standard InChI is InChI=1S/C26H20S/c1-4-11-21(12-5-1)18-19-24(22-13-6-2-7-14-22)26(25-17-10-20-27-25)23-15-8-3-9-16-23/h1-20H/b19-18+,26-24+. The summed E-state index contributed by atoms with van der Waals surface area (Å²) in [6, 6.07) is 36.1. The van der Waals surface area contributed by atoms with Crippen molar-refractivity contribution in [3.8, 4) is 0 Å². The van der Waals surface area contributed by atoms with Crippen LogP contribution in [0.5, 0.6) is 0 Å². The van der Waals surface area contributed by atoms with Crippen LogP contribution in [0.1, 0.15) is 21.6 Å². The Kier molecular flexibility index (Phi) is 5.42. The van der Waals surface area contributed by atoms with E-state index in [1.54, 1.807) is 11.3 Å². The lowest BCUT2D eigenvalue weighted by molar-refractivity contribution is 1.57. The van der Waals surface area contributed by atoms with Crippen LogP contribution in [0.25, 0.3) is 17.2 Å². The van der Waals surface area contributed by atoms with Crippen molar-refractivity contribution < 1.29 is 0 Å². The van der Waals surface area contributed by atoms with Gasteiger partial charge in [0.15, 0.2) is 0 Å². The molecule has 0 radical (unpaired) electrons. The lowest BCUT2D eigenvalue weighted by atomic mass is 9.92. The van der Waals surface area contributed by atoms with Crippen LogP contribution in [0, 0.1) is 0 Å². The van der Waals surface area contributed by atoms with Crippen LogP contribution in [-0.2, 0) is 0 Å². The molecule has 0 aliphatic heterocycles. The Morgan fingerprint density at radius 1 is 0.593 bits per heavy atom. The molecule has 0 aliphatic carbocycles. The lowest BCUT2D eigenvalue weighted by Crippen LogP contribution is -1.91. The van der Waals surface area contributed by atoms with Crippen LogP contribution in [0.15, 0.2) is 115 Å². The summed E-state index contributed by atoms with van der Waals surface area (Å²) in [6.07, 6.45) is 4.44. The van der Waals surface area contributed by atoms with E-state index < -0.39 is 0 Å². The van der Waals surface area contributed by atoms with Gasteiger partial charge < -0.3 is 0 Å². The second kappa shape index (κ2) is 8.48. The van der Waals surface area contributed by atoms with Gasteiger partial charge in [0.1, 0.15) is 0 Å². The molecule has 1 heteroatoms. The fraction of sp³-hybridized carbons (Fsp3) is 0. The molecule has 0 bridgehead atoms. The minimum atomic E-state index is 1.20. The first-order chi connectivity index (χ1) is 13.4. The van der Waals surface area contributed by atoms with E-state index in [-0.39, 0.29) is 0 Å². The first-order valence-corrected chi connectivity index (χ1v) is 9.92. The van der Waals surface area contributed by atoms with E-state index in [1.165, 1.54) is 32.7 Å². The molecule has 0 saturated carbocycles. The van der Waals surface area contributed by atoms with Crippen molar-refractivity contribution in [1.82, 2.24) is 0 Å². The van der Waals surface area contributed by atoms with Crippen molar-refractivity contribution in [2.24, 2.45) is 0 Å². The molecule has 0 amide bonds. The lowest BCUT2D eigenvalue weighted by Gasteiger charge is -2.13. The highest BCUT2D eigenvalue weighted by Gasteiger charge is 2.12. The van der Waals surface area contributed by atoms with Gasteiger partial charge in [-0.05, 0) is 33.7 Å². The molecule has 0 aliphatic rings. The van der Waals surface area contributed by atoms with Crippen molar-refractivity contribution >= 4 is 28.6 Å². The number of benzene rings is 3. The van der Waals surface area contributed by atoms with Crippen LogP contribution in [-0.4, -0.2) is 0 Å². The van der Waals surface area contributed by atoms with E-state index in [9.17, 15) is 0 Å². The van der Waals surface area contributed by atoms with Crippen LogP contribution >= 0.6 is 11.3 Å². The van der Waals surface area contributed by atoms with Crippen LogP contribution in [0.4, 0.5) is 0 Å². The Balaban J connectivity index is 1.94. The number of thiophene rings is 1. The van der Waals surface area contributed by atoms with E-state index in [0.717, 1.165) is 0 Å². The van der Waals surface area contributed by atoms with Gasteiger partial charge >= 0.3 is 0 Å². The molecule has 1 heterocycles. The second-order valence-electron chi connectivity index (χ2n) is 6.24. The quantitative estimate of drug-likeness (QED) is 0.255. The van der Waals surface area contributed by atoms with E-state index in [1.807, 2.05) is 6.07 Å². The normalized spacial score (nSPS) is 12.1. The molecule has 3 aromatic carbocycles. The summed E-state index contributed by atoms with van der Waals surface area (Å²) >= 11 is 1.78. The Hall–Kier alpha value is -3.16. The number of hydrogen-bond donors (Lipinski definition) is 0. The summed E-state index contributed by atoms with van der Waals surface area (Å²) in [5.41, 5.74) is 6.15. The van der Waals surface area contributed by atoms with Crippen molar-refractivity contribution in [1.29, 1.82) is 0 Å². The molecular formula is C26H20S. The predicted octanol–water partition coefficient (Wildman–Crippen LogP) is 7.42. The summed E-state index contributed by atoms with van der Waals surface area (Å²) in [5, 5.41) is 2.14. The highest BCUT2D eigenvalue weighted by atomic mass is 32.1. The van der Waals surface area contributed by atoms with E-state index in [4.69, 9.17) is 0 Å². The van der Waals surface area contributed by atoms with Crippen LogP contribution < -0.4 is 0 Å². The van der Waals surface area contributed by atoms with Crippen molar-refractivity contribution in [3.05, 3.63) is 136 Å². The second-order valence-corrected chi connectivity index (χ2v) is 7.19. The Morgan fingerprint density at radius 3 is 1.78 bits per heavy atom. The third kappa shape index (κ3) is 4.16. The molecule has 0 spiro atoms. The highest BCUT2D eigenvalue weighted by molar-refractivity contribution is 7.11. The molecular weight excluding hydrogens is 344 g/mol. The van der Waals surface area contributed by atoms with E-state index >= 15 is 0 Å². The first kappa shape index (κ1) is 17.3. The van der Waals surface area contributed by atoms with Gasteiger partial charge in [0, 0.05) is 10.5 Å². The van der Waals surface area contributed by atoms with Gasteiger partial charge in [0.05, 0.1) is 0 Å². The summed E-state index contributed by atoms with van der Waals surface area (Å²) in [5.74, 6) is 0. The molecule has 130 valence electrons.